The Labute approximate surface area is 108 Å². The van der Waals surface area contributed by atoms with Crippen LogP contribution in [-0.4, -0.2) is 28.2 Å². The van der Waals surface area contributed by atoms with Gasteiger partial charge in [0.2, 0.25) is 0 Å². The summed E-state index contributed by atoms with van der Waals surface area (Å²) in [7, 11) is 0. The largest absolute Gasteiger partial charge is 0.493 e. The van der Waals surface area contributed by atoms with Crippen molar-refractivity contribution in [2.24, 2.45) is 5.16 Å². The summed E-state index contributed by atoms with van der Waals surface area (Å²) in [4.78, 5) is 0. The van der Waals surface area contributed by atoms with E-state index in [1.807, 2.05) is 25.1 Å². The molecule has 0 aliphatic rings. The molecule has 0 amide bonds. The van der Waals surface area contributed by atoms with Crippen LogP contribution in [0.1, 0.15) is 38.3 Å². The molecule has 4 nitrogen and oxygen atoms in total. The van der Waals surface area contributed by atoms with E-state index < -0.39 is 5.60 Å². The number of rotatable bonds is 5. The van der Waals surface area contributed by atoms with Gasteiger partial charge in [0.05, 0.1) is 17.9 Å². The van der Waals surface area contributed by atoms with Gasteiger partial charge in [-0.1, -0.05) is 16.8 Å². The van der Waals surface area contributed by atoms with Gasteiger partial charge in [0.15, 0.2) is 0 Å². The molecule has 18 heavy (non-hydrogen) atoms. The smallest absolute Gasteiger partial charge is 0.128 e. The average molecular weight is 251 g/mol. The van der Waals surface area contributed by atoms with Crippen molar-refractivity contribution < 1.29 is 15.1 Å². The molecule has 0 atom stereocenters. The Kier molecular flexibility index (Phi) is 4.73. The quantitative estimate of drug-likeness (QED) is 0.480. The van der Waals surface area contributed by atoms with Crippen molar-refractivity contribution in [1.29, 1.82) is 0 Å². The normalized spacial score (nSPS) is 12.6. The second kappa shape index (κ2) is 5.87. The van der Waals surface area contributed by atoms with Crippen molar-refractivity contribution in [3.05, 3.63) is 29.3 Å². The second-order valence-electron chi connectivity index (χ2n) is 5.10. The van der Waals surface area contributed by atoms with E-state index in [9.17, 15) is 5.11 Å². The molecule has 0 saturated heterocycles. The van der Waals surface area contributed by atoms with Crippen LogP contribution in [-0.2, 0) is 0 Å². The van der Waals surface area contributed by atoms with E-state index in [0.29, 0.717) is 24.5 Å². The molecule has 1 aromatic carbocycles. The zero-order valence-electron chi connectivity index (χ0n) is 11.4. The van der Waals surface area contributed by atoms with Crippen molar-refractivity contribution >= 4 is 5.71 Å². The third-order valence-corrected chi connectivity index (χ3v) is 2.65. The fraction of sp³-hybridized carbons (Fsp3) is 0.500. The topological polar surface area (TPSA) is 62.1 Å². The number of hydrogen-bond donors (Lipinski definition) is 2. The lowest BCUT2D eigenvalue weighted by Gasteiger charge is -2.18. The van der Waals surface area contributed by atoms with Crippen LogP contribution in [0.3, 0.4) is 0 Å². The summed E-state index contributed by atoms with van der Waals surface area (Å²) < 4.78 is 5.64. The Bertz CT molecular complexity index is 433. The van der Waals surface area contributed by atoms with Gasteiger partial charge in [-0.2, -0.15) is 0 Å². The summed E-state index contributed by atoms with van der Waals surface area (Å²) in [5, 5.41) is 21.7. The molecule has 0 aromatic heterocycles. The molecule has 0 aliphatic carbocycles. The summed E-state index contributed by atoms with van der Waals surface area (Å²) in [6.07, 6.45) is 0.537. The van der Waals surface area contributed by atoms with Gasteiger partial charge in [-0.3, -0.25) is 0 Å². The molecule has 0 fully saturated rings. The number of ether oxygens (including phenoxy) is 1. The molecule has 4 heteroatoms. The molecule has 0 heterocycles. The SMILES string of the molecule is CC(=NO)c1cc(C)ccc1OCCC(C)(C)O. The minimum Gasteiger partial charge on any atom is -0.493 e. The first-order valence-electron chi connectivity index (χ1n) is 5.98. The van der Waals surface area contributed by atoms with Gasteiger partial charge >= 0.3 is 0 Å². The molecule has 1 aromatic rings. The molecular weight excluding hydrogens is 230 g/mol. The fourth-order valence-corrected chi connectivity index (χ4v) is 1.52. The van der Waals surface area contributed by atoms with Gasteiger partial charge in [-0.15, -0.1) is 0 Å². The van der Waals surface area contributed by atoms with Crippen molar-refractivity contribution in [2.45, 2.75) is 39.7 Å². The predicted molar refractivity (Wildman–Crippen MR) is 71.6 cm³/mol. The highest BCUT2D eigenvalue weighted by Crippen LogP contribution is 2.22. The van der Waals surface area contributed by atoms with Crippen LogP contribution < -0.4 is 4.74 Å². The van der Waals surface area contributed by atoms with Crippen molar-refractivity contribution in [1.82, 2.24) is 0 Å². The van der Waals surface area contributed by atoms with E-state index in [1.165, 1.54) is 0 Å². The first-order valence-corrected chi connectivity index (χ1v) is 5.98. The Hall–Kier alpha value is -1.55. The Balaban J connectivity index is 2.82. The molecule has 0 bridgehead atoms. The predicted octanol–water partition coefficient (Wildman–Crippen LogP) is 2.73. The third kappa shape index (κ3) is 4.37. The van der Waals surface area contributed by atoms with Crippen LogP contribution >= 0.6 is 0 Å². The van der Waals surface area contributed by atoms with Crippen molar-refractivity contribution in [3.8, 4) is 5.75 Å². The highest BCUT2D eigenvalue weighted by atomic mass is 16.5. The highest BCUT2D eigenvalue weighted by molar-refractivity contribution is 6.00. The first-order chi connectivity index (χ1) is 8.33. The second-order valence-corrected chi connectivity index (χ2v) is 5.10. The minimum atomic E-state index is -0.745. The molecule has 1 rings (SSSR count). The molecule has 0 saturated carbocycles. The van der Waals surface area contributed by atoms with E-state index in [1.54, 1.807) is 20.8 Å². The van der Waals surface area contributed by atoms with E-state index in [0.717, 1.165) is 11.1 Å². The first kappa shape index (κ1) is 14.5. The van der Waals surface area contributed by atoms with Crippen LogP contribution in [0.15, 0.2) is 23.4 Å². The highest BCUT2D eigenvalue weighted by Gasteiger charge is 2.13. The zero-order chi connectivity index (χ0) is 13.8. The molecule has 0 radical (unpaired) electrons. The molecule has 2 N–H and O–H groups in total. The summed E-state index contributed by atoms with van der Waals surface area (Å²) in [6.45, 7) is 7.59. The number of oxime groups is 1. The Morgan fingerprint density at radius 2 is 2.06 bits per heavy atom. The summed E-state index contributed by atoms with van der Waals surface area (Å²) in [5.74, 6) is 0.667. The van der Waals surface area contributed by atoms with Gasteiger partial charge in [0.1, 0.15) is 5.75 Å². The van der Waals surface area contributed by atoms with Crippen LogP contribution in [0.25, 0.3) is 0 Å². The maximum absolute atomic E-state index is 9.62. The molecule has 0 aliphatic heterocycles. The molecular formula is C14H21NO3. The number of aryl methyl sites for hydroxylation is 1. The fourth-order valence-electron chi connectivity index (χ4n) is 1.52. The van der Waals surface area contributed by atoms with Gasteiger partial charge in [-0.25, -0.2) is 0 Å². The van der Waals surface area contributed by atoms with Crippen LogP contribution in [0.4, 0.5) is 0 Å². The van der Waals surface area contributed by atoms with E-state index in [-0.39, 0.29) is 0 Å². The number of benzene rings is 1. The van der Waals surface area contributed by atoms with E-state index >= 15 is 0 Å². The summed E-state index contributed by atoms with van der Waals surface area (Å²) in [6, 6.07) is 5.70. The number of nitrogens with zero attached hydrogens (tertiary/aromatic N) is 1. The lowest BCUT2D eigenvalue weighted by Crippen LogP contribution is -2.22. The van der Waals surface area contributed by atoms with Crippen LogP contribution in [0, 0.1) is 6.92 Å². The summed E-state index contributed by atoms with van der Waals surface area (Å²) in [5.41, 5.74) is 1.61. The molecule has 100 valence electrons. The van der Waals surface area contributed by atoms with Gasteiger partial charge in [-0.05, 0) is 39.8 Å². The van der Waals surface area contributed by atoms with E-state index in [4.69, 9.17) is 9.94 Å². The summed E-state index contributed by atoms with van der Waals surface area (Å²) >= 11 is 0. The third-order valence-electron chi connectivity index (χ3n) is 2.65. The Morgan fingerprint density at radius 1 is 1.39 bits per heavy atom. The number of aliphatic hydroxyl groups is 1. The zero-order valence-corrected chi connectivity index (χ0v) is 11.4. The van der Waals surface area contributed by atoms with Crippen LogP contribution in [0.5, 0.6) is 5.75 Å². The average Bonchev–Trinajstić information content (AvgIpc) is 2.28. The minimum absolute atomic E-state index is 0.415. The lowest BCUT2D eigenvalue weighted by molar-refractivity contribution is 0.0553. The van der Waals surface area contributed by atoms with Crippen molar-refractivity contribution in [2.75, 3.05) is 6.61 Å². The molecule has 0 spiro atoms. The van der Waals surface area contributed by atoms with Gasteiger partial charge in [0.25, 0.3) is 0 Å². The standard InChI is InChI=1S/C14H21NO3/c1-10-5-6-13(12(9-10)11(2)15-17)18-8-7-14(3,4)16/h5-6,9,16-17H,7-8H2,1-4H3. The van der Waals surface area contributed by atoms with E-state index in [2.05, 4.69) is 5.16 Å². The maximum atomic E-state index is 9.62. The Morgan fingerprint density at radius 3 is 2.61 bits per heavy atom. The lowest BCUT2D eigenvalue weighted by atomic mass is 10.1. The monoisotopic (exact) mass is 251 g/mol. The number of hydrogen-bond acceptors (Lipinski definition) is 4. The van der Waals surface area contributed by atoms with Crippen LogP contribution in [0.2, 0.25) is 0 Å². The molecule has 0 unspecified atom stereocenters. The van der Waals surface area contributed by atoms with Gasteiger partial charge < -0.3 is 15.1 Å². The van der Waals surface area contributed by atoms with Crippen molar-refractivity contribution in [3.63, 3.8) is 0 Å². The maximum Gasteiger partial charge on any atom is 0.128 e. The van der Waals surface area contributed by atoms with Gasteiger partial charge in [0, 0.05) is 12.0 Å².